The number of hydrogen-bond acceptors (Lipinski definition) is 2. The van der Waals surface area contributed by atoms with Gasteiger partial charge in [-0.05, 0) is 69.0 Å². The van der Waals surface area contributed by atoms with Crippen LogP contribution in [0.5, 0.6) is 5.75 Å². The van der Waals surface area contributed by atoms with Crippen molar-refractivity contribution in [2.45, 2.75) is 39.7 Å². The zero-order valence-electron chi connectivity index (χ0n) is 14.0. The SMILES string of the molecule is CC(C)=C(CCC(C)Oc1ccc(C#N)cc1)c1ccccc1. The van der Waals surface area contributed by atoms with Crippen molar-refractivity contribution in [3.63, 3.8) is 0 Å². The molecule has 0 spiro atoms. The van der Waals surface area contributed by atoms with Crippen LogP contribution in [0, 0.1) is 11.3 Å². The average molecular weight is 305 g/mol. The molecule has 0 N–H and O–H groups in total. The van der Waals surface area contributed by atoms with Crippen molar-refractivity contribution in [1.29, 1.82) is 5.26 Å². The zero-order chi connectivity index (χ0) is 16.7. The Hall–Kier alpha value is -2.53. The van der Waals surface area contributed by atoms with Crippen molar-refractivity contribution < 1.29 is 4.74 Å². The van der Waals surface area contributed by atoms with E-state index >= 15 is 0 Å². The van der Waals surface area contributed by atoms with Crippen LogP contribution in [0.4, 0.5) is 0 Å². The number of nitriles is 1. The molecule has 23 heavy (non-hydrogen) atoms. The molecule has 0 fully saturated rings. The lowest BCUT2D eigenvalue weighted by Crippen LogP contribution is -2.12. The Kier molecular flexibility index (Phi) is 6.00. The minimum absolute atomic E-state index is 0.126. The molecule has 0 amide bonds. The molecule has 2 heteroatoms. The molecule has 0 aliphatic rings. The molecule has 0 radical (unpaired) electrons. The largest absolute Gasteiger partial charge is 0.491 e. The summed E-state index contributed by atoms with van der Waals surface area (Å²) in [6, 6.07) is 19.9. The van der Waals surface area contributed by atoms with Gasteiger partial charge in [0.15, 0.2) is 0 Å². The highest BCUT2D eigenvalue weighted by molar-refractivity contribution is 5.67. The van der Waals surface area contributed by atoms with Gasteiger partial charge in [0.1, 0.15) is 5.75 Å². The predicted octanol–water partition coefficient (Wildman–Crippen LogP) is 5.60. The first-order chi connectivity index (χ1) is 11.1. The van der Waals surface area contributed by atoms with E-state index in [4.69, 9.17) is 10.00 Å². The molecule has 0 saturated carbocycles. The van der Waals surface area contributed by atoms with Crippen LogP contribution in [0.3, 0.4) is 0 Å². The van der Waals surface area contributed by atoms with Gasteiger partial charge < -0.3 is 4.74 Å². The molecule has 2 aromatic rings. The molecule has 1 atom stereocenters. The van der Waals surface area contributed by atoms with E-state index < -0.39 is 0 Å². The normalized spacial score (nSPS) is 11.4. The third kappa shape index (κ3) is 5.00. The van der Waals surface area contributed by atoms with E-state index in [9.17, 15) is 0 Å². The molecule has 2 nitrogen and oxygen atoms in total. The fraction of sp³-hybridized carbons (Fsp3) is 0.286. The van der Waals surface area contributed by atoms with Gasteiger partial charge in [0.25, 0.3) is 0 Å². The van der Waals surface area contributed by atoms with Gasteiger partial charge in [-0.2, -0.15) is 5.26 Å². The summed E-state index contributed by atoms with van der Waals surface area (Å²) in [7, 11) is 0. The minimum atomic E-state index is 0.126. The van der Waals surface area contributed by atoms with Crippen LogP contribution in [-0.4, -0.2) is 6.10 Å². The summed E-state index contributed by atoms with van der Waals surface area (Å²) in [6.45, 7) is 6.41. The molecule has 0 aliphatic carbocycles. The van der Waals surface area contributed by atoms with Gasteiger partial charge in [-0.3, -0.25) is 0 Å². The summed E-state index contributed by atoms with van der Waals surface area (Å²) < 4.78 is 5.95. The highest BCUT2D eigenvalue weighted by atomic mass is 16.5. The predicted molar refractivity (Wildman–Crippen MR) is 95.2 cm³/mol. The number of benzene rings is 2. The lowest BCUT2D eigenvalue weighted by atomic mass is 9.96. The van der Waals surface area contributed by atoms with Crippen molar-refractivity contribution in [1.82, 2.24) is 0 Å². The molecular formula is C21H23NO. The van der Waals surface area contributed by atoms with Crippen LogP contribution >= 0.6 is 0 Å². The summed E-state index contributed by atoms with van der Waals surface area (Å²) in [5, 5.41) is 8.82. The van der Waals surface area contributed by atoms with Crippen molar-refractivity contribution in [3.8, 4) is 11.8 Å². The first-order valence-electron chi connectivity index (χ1n) is 7.98. The smallest absolute Gasteiger partial charge is 0.119 e. The van der Waals surface area contributed by atoms with Crippen molar-refractivity contribution in [2.24, 2.45) is 0 Å². The lowest BCUT2D eigenvalue weighted by molar-refractivity contribution is 0.213. The molecule has 0 heterocycles. The summed E-state index contributed by atoms with van der Waals surface area (Å²) >= 11 is 0. The van der Waals surface area contributed by atoms with Crippen LogP contribution in [0.15, 0.2) is 60.2 Å². The van der Waals surface area contributed by atoms with Gasteiger partial charge in [-0.25, -0.2) is 0 Å². The van der Waals surface area contributed by atoms with Gasteiger partial charge in [0, 0.05) is 0 Å². The number of nitrogens with zero attached hydrogens (tertiary/aromatic N) is 1. The maximum atomic E-state index is 8.82. The number of ether oxygens (including phenoxy) is 1. The number of allylic oxidation sites excluding steroid dienone is 2. The van der Waals surface area contributed by atoms with E-state index in [1.165, 1.54) is 16.7 Å². The summed E-state index contributed by atoms with van der Waals surface area (Å²) in [5.74, 6) is 0.815. The van der Waals surface area contributed by atoms with Gasteiger partial charge >= 0.3 is 0 Å². The van der Waals surface area contributed by atoms with Gasteiger partial charge in [-0.15, -0.1) is 0 Å². The van der Waals surface area contributed by atoms with Crippen LogP contribution in [-0.2, 0) is 0 Å². The lowest BCUT2D eigenvalue weighted by Gasteiger charge is -2.17. The topological polar surface area (TPSA) is 33.0 Å². The maximum absolute atomic E-state index is 8.82. The molecule has 2 aromatic carbocycles. The molecule has 0 bridgehead atoms. The van der Waals surface area contributed by atoms with E-state index in [1.54, 1.807) is 12.1 Å². The fourth-order valence-electron chi connectivity index (χ4n) is 2.57. The van der Waals surface area contributed by atoms with Crippen molar-refractivity contribution in [3.05, 3.63) is 71.3 Å². The molecule has 2 rings (SSSR count). The molecule has 0 saturated heterocycles. The number of hydrogen-bond donors (Lipinski definition) is 0. The average Bonchev–Trinajstić information content (AvgIpc) is 2.56. The highest BCUT2D eigenvalue weighted by Gasteiger charge is 2.09. The quantitative estimate of drug-likeness (QED) is 0.696. The summed E-state index contributed by atoms with van der Waals surface area (Å²) in [4.78, 5) is 0. The second-order valence-corrected chi connectivity index (χ2v) is 5.95. The third-order valence-corrected chi connectivity index (χ3v) is 3.85. The molecular weight excluding hydrogens is 282 g/mol. The van der Waals surface area contributed by atoms with E-state index in [0.29, 0.717) is 5.56 Å². The van der Waals surface area contributed by atoms with E-state index in [0.717, 1.165) is 18.6 Å². The third-order valence-electron chi connectivity index (χ3n) is 3.85. The summed E-state index contributed by atoms with van der Waals surface area (Å²) in [6.07, 6.45) is 2.07. The van der Waals surface area contributed by atoms with Crippen LogP contribution in [0.1, 0.15) is 44.7 Å². The second kappa shape index (κ2) is 8.19. The van der Waals surface area contributed by atoms with Gasteiger partial charge in [0.05, 0.1) is 17.7 Å². The van der Waals surface area contributed by atoms with Crippen molar-refractivity contribution in [2.75, 3.05) is 0 Å². The summed E-state index contributed by atoms with van der Waals surface area (Å²) in [5.41, 5.74) is 4.68. The standard InChI is InChI=1S/C21H23NO/c1-16(2)21(19-7-5-4-6-8-19)14-9-17(3)23-20-12-10-18(15-22)11-13-20/h4-8,10-13,17H,9,14H2,1-3H3. The Morgan fingerprint density at radius 1 is 1.04 bits per heavy atom. The molecule has 0 aliphatic heterocycles. The van der Waals surface area contributed by atoms with Gasteiger partial charge in [0.2, 0.25) is 0 Å². The van der Waals surface area contributed by atoms with Crippen molar-refractivity contribution >= 4 is 5.57 Å². The fourth-order valence-corrected chi connectivity index (χ4v) is 2.57. The maximum Gasteiger partial charge on any atom is 0.119 e. The number of rotatable bonds is 6. The van der Waals surface area contributed by atoms with E-state index in [2.05, 4.69) is 51.1 Å². The Balaban J connectivity index is 1.96. The Morgan fingerprint density at radius 3 is 2.26 bits per heavy atom. The van der Waals surface area contributed by atoms with E-state index in [-0.39, 0.29) is 6.10 Å². The first-order valence-corrected chi connectivity index (χ1v) is 7.98. The van der Waals surface area contributed by atoms with Gasteiger partial charge in [-0.1, -0.05) is 35.9 Å². The Bertz CT molecular complexity index is 689. The second-order valence-electron chi connectivity index (χ2n) is 5.95. The Morgan fingerprint density at radius 2 is 1.70 bits per heavy atom. The highest BCUT2D eigenvalue weighted by Crippen LogP contribution is 2.25. The van der Waals surface area contributed by atoms with Crippen LogP contribution in [0.2, 0.25) is 0 Å². The molecule has 1 unspecified atom stereocenters. The molecule has 118 valence electrons. The minimum Gasteiger partial charge on any atom is -0.491 e. The first kappa shape index (κ1) is 16.8. The monoisotopic (exact) mass is 305 g/mol. The zero-order valence-corrected chi connectivity index (χ0v) is 14.0. The Labute approximate surface area is 139 Å². The molecule has 0 aromatic heterocycles. The van der Waals surface area contributed by atoms with E-state index in [1.807, 2.05) is 18.2 Å². The van der Waals surface area contributed by atoms with Crippen LogP contribution < -0.4 is 4.74 Å². The van der Waals surface area contributed by atoms with Crippen LogP contribution in [0.25, 0.3) is 5.57 Å².